The third kappa shape index (κ3) is 4.42. The van der Waals surface area contributed by atoms with Crippen LogP contribution in [0.5, 0.6) is 0 Å². The van der Waals surface area contributed by atoms with Crippen LogP contribution in [0, 0.1) is 0 Å². The van der Waals surface area contributed by atoms with E-state index in [1.54, 1.807) is 7.05 Å². The molecule has 0 spiro atoms. The molecule has 21 heavy (non-hydrogen) atoms. The molecule has 1 rings (SSSR count). The van der Waals surface area contributed by atoms with Crippen molar-refractivity contribution in [2.45, 2.75) is 24.8 Å². The maximum absolute atomic E-state index is 13.0. The Morgan fingerprint density at radius 3 is 2.43 bits per heavy atom. The molecule has 0 saturated carbocycles. The monoisotopic (exact) mass is 307 g/mol. The summed E-state index contributed by atoms with van der Waals surface area (Å²) in [6.07, 6.45) is -7.92. The van der Waals surface area contributed by atoms with Crippen molar-refractivity contribution in [3.63, 3.8) is 0 Å². The van der Waals surface area contributed by atoms with E-state index in [1.165, 1.54) is 0 Å². The van der Waals surface area contributed by atoms with Gasteiger partial charge in [0.1, 0.15) is 6.10 Å². The van der Waals surface area contributed by atoms with Gasteiger partial charge < -0.3 is 20.6 Å². The number of carboxylic acid groups (broad SMARTS) is 1. The van der Waals surface area contributed by atoms with Crippen molar-refractivity contribution in [2.75, 3.05) is 13.6 Å². The summed E-state index contributed by atoms with van der Waals surface area (Å²) in [5.41, 5.74) is -2.35. The standard InChI is InChI=1S/C13H16F3NO4/c1-17-5-4-10(18)11(19)8-3-2-7(12(20)21)6-9(8)13(14,15)16/h2-3,6,10-11,17-19H,4-5H2,1H3,(H,20,21). The summed E-state index contributed by atoms with van der Waals surface area (Å²) in [5, 5.41) is 31.0. The molecule has 0 aliphatic rings. The number of benzene rings is 1. The van der Waals surface area contributed by atoms with E-state index in [-0.39, 0.29) is 6.42 Å². The van der Waals surface area contributed by atoms with Gasteiger partial charge in [-0.25, -0.2) is 4.79 Å². The van der Waals surface area contributed by atoms with Crippen molar-refractivity contribution < 1.29 is 33.3 Å². The number of carbonyl (C=O) groups is 1. The van der Waals surface area contributed by atoms with Crippen LogP contribution in [0.25, 0.3) is 0 Å². The Kier molecular flexibility index (Phi) is 5.70. The summed E-state index contributed by atoms with van der Waals surface area (Å²) >= 11 is 0. The van der Waals surface area contributed by atoms with Crippen molar-refractivity contribution in [1.82, 2.24) is 5.32 Å². The number of carboxylic acids is 1. The molecule has 5 nitrogen and oxygen atoms in total. The maximum atomic E-state index is 13.0. The van der Waals surface area contributed by atoms with Crippen LogP contribution in [0.15, 0.2) is 18.2 Å². The molecule has 0 heterocycles. The summed E-state index contributed by atoms with van der Waals surface area (Å²) in [5.74, 6) is -1.50. The number of alkyl halides is 3. The van der Waals surface area contributed by atoms with Crippen molar-refractivity contribution in [1.29, 1.82) is 0 Å². The first-order valence-electron chi connectivity index (χ1n) is 6.13. The summed E-state index contributed by atoms with van der Waals surface area (Å²) < 4.78 is 38.9. The lowest BCUT2D eigenvalue weighted by atomic mass is 9.95. The van der Waals surface area contributed by atoms with Gasteiger partial charge in [0.25, 0.3) is 0 Å². The molecule has 0 amide bonds. The molecule has 1 aromatic carbocycles. The Balaban J connectivity index is 3.19. The molecule has 0 radical (unpaired) electrons. The Labute approximate surface area is 119 Å². The van der Waals surface area contributed by atoms with Crippen LogP contribution in [-0.4, -0.2) is 41.0 Å². The van der Waals surface area contributed by atoms with Gasteiger partial charge in [-0.05, 0) is 37.7 Å². The Morgan fingerprint density at radius 1 is 1.33 bits per heavy atom. The second kappa shape index (κ2) is 6.88. The zero-order valence-corrected chi connectivity index (χ0v) is 11.2. The third-order valence-electron chi connectivity index (χ3n) is 2.98. The lowest BCUT2D eigenvalue weighted by Crippen LogP contribution is -2.25. The number of nitrogens with one attached hydrogen (secondary N) is 1. The molecular formula is C13H16F3NO4. The first-order chi connectivity index (χ1) is 9.68. The highest BCUT2D eigenvalue weighted by Gasteiger charge is 2.37. The minimum atomic E-state index is -4.83. The second-order valence-corrected chi connectivity index (χ2v) is 4.51. The first kappa shape index (κ1) is 17.4. The van der Waals surface area contributed by atoms with E-state index >= 15 is 0 Å². The highest BCUT2D eigenvalue weighted by Crippen LogP contribution is 2.36. The van der Waals surface area contributed by atoms with Gasteiger partial charge in [-0.1, -0.05) is 6.07 Å². The molecule has 1 aromatic rings. The predicted molar refractivity (Wildman–Crippen MR) is 67.9 cm³/mol. The van der Waals surface area contributed by atoms with Crippen molar-refractivity contribution in [3.05, 3.63) is 34.9 Å². The number of halogens is 3. The molecule has 2 unspecified atom stereocenters. The van der Waals surface area contributed by atoms with Crippen molar-refractivity contribution >= 4 is 5.97 Å². The van der Waals surface area contributed by atoms with Gasteiger partial charge in [-0.15, -0.1) is 0 Å². The van der Waals surface area contributed by atoms with E-state index in [0.29, 0.717) is 12.6 Å². The predicted octanol–water partition coefficient (Wildman–Crippen LogP) is 1.41. The molecule has 0 fully saturated rings. The molecule has 2 atom stereocenters. The quantitative estimate of drug-likeness (QED) is 0.638. The maximum Gasteiger partial charge on any atom is 0.416 e. The topological polar surface area (TPSA) is 89.8 Å². The molecule has 8 heteroatoms. The van der Waals surface area contributed by atoms with Gasteiger partial charge in [0.2, 0.25) is 0 Å². The fraction of sp³-hybridized carbons (Fsp3) is 0.462. The minimum absolute atomic E-state index is 0.0512. The van der Waals surface area contributed by atoms with Crippen LogP contribution in [0.3, 0.4) is 0 Å². The molecule has 0 aliphatic heterocycles. The average molecular weight is 307 g/mol. The van der Waals surface area contributed by atoms with E-state index < -0.39 is 41.0 Å². The zero-order chi connectivity index (χ0) is 16.2. The molecular weight excluding hydrogens is 291 g/mol. The Bertz CT molecular complexity index is 505. The number of aliphatic hydroxyl groups is 2. The van der Waals surface area contributed by atoms with Crippen LogP contribution in [0.2, 0.25) is 0 Å². The smallest absolute Gasteiger partial charge is 0.416 e. The molecule has 4 N–H and O–H groups in total. The molecule has 118 valence electrons. The van der Waals surface area contributed by atoms with E-state index in [1.807, 2.05) is 0 Å². The van der Waals surface area contributed by atoms with Crippen LogP contribution in [-0.2, 0) is 6.18 Å². The van der Waals surface area contributed by atoms with Crippen LogP contribution in [0.1, 0.15) is 34.0 Å². The SMILES string of the molecule is CNCCC(O)C(O)c1ccc(C(=O)O)cc1C(F)(F)F. The number of rotatable bonds is 6. The summed E-state index contributed by atoms with van der Waals surface area (Å²) in [6, 6.07) is 2.28. The summed E-state index contributed by atoms with van der Waals surface area (Å²) in [4.78, 5) is 10.7. The van der Waals surface area contributed by atoms with Gasteiger partial charge in [0.05, 0.1) is 17.2 Å². The molecule has 0 saturated heterocycles. The lowest BCUT2D eigenvalue weighted by molar-refractivity contribution is -0.140. The zero-order valence-electron chi connectivity index (χ0n) is 11.2. The van der Waals surface area contributed by atoms with Gasteiger partial charge in [-0.2, -0.15) is 13.2 Å². The van der Waals surface area contributed by atoms with Crippen LogP contribution < -0.4 is 5.32 Å². The van der Waals surface area contributed by atoms with E-state index in [4.69, 9.17) is 5.11 Å². The van der Waals surface area contributed by atoms with E-state index in [0.717, 1.165) is 12.1 Å². The van der Waals surface area contributed by atoms with Gasteiger partial charge in [0, 0.05) is 0 Å². The summed E-state index contributed by atoms with van der Waals surface area (Å²) in [7, 11) is 1.60. The second-order valence-electron chi connectivity index (χ2n) is 4.51. The van der Waals surface area contributed by atoms with E-state index in [9.17, 15) is 28.2 Å². The van der Waals surface area contributed by atoms with Gasteiger partial charge >= 0.3 is 12.1 Å². The highest BCUT2D eigenvalue weighted by molar-refractivity contribution is 5.88. The van der Waals surface area contributed by atoms with Crippen molar-refractivity contribution in [2.24, 2.45) is 0 Å². The number of aliphatic hydroxyl groups excluding tert-OH is 2. The third-order valence-corrected chi connectivity index (χ3v) is 2.98. The van der Waals surface area contributed by atoms with Gasteiger partial charge in [0.15, 0.2) is 0 Å². The Hall–Kier alpha value is -1.64. The number of aromatic carboxylic acids is 1. The minimum Gasteiger partial charge on any atom is -0.478 e. The van der Waals surface area contributed by atoms with E-state index in [2.05, 4.69) is 5.32 Å². The normalized spacial score (nSPS) is 14.8. The lowest BCUT2D eigenvalue weighted by Gasteiger charge is -2.22. The molecule has 0 aliphatic carbocycles. The Morgan fingerprint density at radius 2 is 1.95 bits per heavy atom. The molecule has 0 bridgehead atoms. The van der Waals surface area contributed by atoms with Crippen molar-refractivity contribution in [3.8, 4) is 0 Å². The molecule has 0 aromatic heterocycles. The first-order valence-corrected chi connectivity index (χ1v) is 6.13. The number of hydrogen-bond donors (Lipinski definition) is 4. The fourth-order valence-corrected chi connectivity index (χ4v) is 1.85. The summed E-state index contributed by atoms with van der Waals surface area (Å²) in [6.45, 7) is 0.312. The number of hydrogen-bond acceptors (Lipinski definition) is 4. The van der Waals surface area contributed by atoms with Crippen LogP contribution in [0.4, 0.5) is 13.2 Å². The fourth-order valence-electron chi connectivity index (χ4n) is 1.85. The van der Waals surface area contributed by atoms with Crippen LogP contribution >= 0.6 is 0 Å². The van der Waals surface area contributed by atoms with Gasteiger partial charge in [-0.3, -0.25) is 0 Å². The largest absolute Gasteiger partial charge is 0.478 e. The average Bonchev–Trinajstić information content (AvgIpc) is 2.42. The highest BCUT2D eigenvalue weighted by atomic mass is 19.4.